The fraction of sp³-hybridized carbons (Fsp3) is 0.409. The predicted molar refractivity (Wildman–Crippen MR) is 112 cm³/mol. The molecule has 0 aliphatic rings. The fourth-order valence-corrected chi connectivity index (χ4v) is 3.05. The Bertz CT molecular complexity index is 837. The largest absolute Gasteiger partial charge is 0.478 e. The minimum Gasteiger partial charge on any atom is -0.478 e. The first-order chi connectivity index (χ1) is 13.2. The molecule has 0 saturated carbocycles. The van der Waals surface area contributed by atoms with Gasteiger partial charge in [0.15, 0.2) is 0 Å². The Kier molecular flexibility index (Phi) is 7.15. The number of hydrogen-bond acceptors (Lipinski definition) is 4. The zero-order valence-electron chi connectivity index (χ0n) is 17.2. The van der Waals surface area contributed by atoms with Crippen molar-refractivity contribution in [2.75, 3.05) is 23.3 Å². The molecule has 2 rings (SSSR count). The van der Waals surface area contributed by atoms with Crippen LogP contribution in [0.2, 0.25) is 0 Å². The van der Waals surface area contributed by atoms with Crippen molar-refractivity contribution in [3.8, 4) is 0 Å². The van der Waals surface area contributed by atoms with Crippen LogP contribution in [-0.4, -0.2) is 35.1 Å². The number of nitrogens with one attached hydrogen (secondary N) is 1. The Hall–Kier alpha value is -2.89. The van der Waals surface area contributed by atoms with E-state index in [1.807, 2.05) is 24.0 Å². The van der Waals surface area contributed by atoms with Crippen molar-refractivity contribution in [3.63, 3.8) is 0 Å². The number of carboxylic acid groups (broad SMARTS) is 1. The van der Waals surface area contributed by atoms with E-state index in [9.17, 15) is 14.7 Å². The molecular weight excluding hydrogens is 354 g/mol. The van der Waals surface area contributed by atoms with Crippen LogP contribution in [0.3, 0.4) is 0 Å². The molecule has 28 heavy (non-hydrogen) atoms. The zero-order chi connectivity index (χ0) is 20.8. The van der Waals surface area contributed by atoms with Gasteiger partial charge in [-0.15, -0.1) is 0 Å². The van der Waals surface area contributed by atoms with Gasteiger partial charge >= 0.3 is 5.97 Å². The van der Waals surface area contributed by atoms with E-state index < -0.39 is 5.97 Å². The van der Waals surface area contributed by atoms with Crippen LogP contribution in [0.4, 0.5) is 11.5 Å². The lowest BCUT2D eigenvalue weighted by Gasteiger charge is -2.28. The molecule has 0 aliphatic heterocycles. The molecule has 0 aliphatic carbocycles. The van der Waals surface area contributed by atoms with Gasteiger partial charge < -0.3 is 15.3 Å². The van der Waals surface area contributed by atoms with Crippen LogP contribution in [0.25, 0.3) is 0 Å². The second-order valence-electron chi connectivity index (χ2n) is 7.92. The maximum absolute atomic E-state index is 12.5. The number of rotatable bonds is 8. The van der Waals surface area contributed by atoms with Crippen molar-refractivity contribution in [1.82, 2.24) is 4.98 Å². The summed E-state index contributed by atoms with van der Waals surface area (Å²) < 4.78 is 0. The summed E-state index contributed by atoms with van der Waals surface area (Å²) in [7, 11) is 0. The van der Waals surface area contributed by atoms with Crippen molar-refractivity contribution in [1.29, 1.82) is 0 Å². The lowest BCUT2D eigenvalue weighted by atomic mass is 10.1. The number of benzene rings is 1. The highest BCUT2D eigenvalue weighted by Gasteiger charge is 2.21. The van der Waals surface area contributed by atoms with Crippen LogP contribution >= 0.6 is 0 Å². The van der Waals surface area contributed by atoms with E-state index >= 15 is 0 Å². The first-order valence-electron chi connectivity index (χ1n) is 9.53. The van der Waals surface area contributed by atoms with Crippen LogP contribution in [0.5, 0.6) is 0 Å². The highest BCUT2D eigenvalue weighted by molar-refractivity contribution is 6.05. The van der Waals surface area contributed by atoms with Gasteiger partial charge in [0, 0.05) is 18.7 Å². The minimum atomic E-state index is -1.06. The Labute approximate surface area is 166 Å². The topological polar surface area (TPSA) is 82.5 Å². The number of hydrogen-bond donors (Lipinski definition) is 2. The second kappa shape index (κ2) is 9.35. The molecule has 0 saturated heterocycles. The molecule has 1 heterocycles. The summed E-state index contributed by atoms with van der Waals surface area (Å²) >= 11 is 0. The molecule has 6 heteroatoms. The molecule has 1 aromatic heterocycles. The van der Waals surface area contributed by atoms with E-state index in [4.69, 9.17) is 0 Å². The van der Waals surface area contributed by atoms with Gasteiger partial charge in [-0.3, -0.25) is 4.79 Å². The summed E-state index contributed by atoms with van der Waals surface area (Å²) in [6.45, 7) is 11.7. The molecular formula is C22H29N3O3. The van der Waals surface area contributed by atoms with E-state index in [1.165, 1.54) is 12.3 Å². The molecule has 0 spiro atoms. The van der Waals surface area contributed by atoms with Crippen molar-refractivity contribution < 1.29 is 14.7 Å². The number of carboxylic acids is 1. The van der Waals surface area contributed by atoms with Crippen LogP contribution in [0.1, 0.15) is 54.0 Å². The number of nitrogens with zero attached hydrogens (tertiary/aromatic N) is 2. The Morgan fingerprint density at radius 1 is 1.11 bits per heavy atom. The summed E-state index contributed by atoms with van der Waals surface area (Å²) in [5.74, 6) is -0.197. The molecule has 0 fully saturated rings. The van der Waals surface area contributed by atoms with E-state index in [-0.39, 0.29) is 11.5 Å². The molecule has 6 nitrogen and oxygen atoms in total. The number of aromatic carboxylic acids is 1. The first-order valence-corrected chi connectivity index (χ1v) is 9.53. The molecule has 0 bridgehead atoms. The lowest BCUT2D eigenvalue weighted by molar-refractivity contribution is 0.0696. The van der Waals surface area contributed by atoms with Gasteiger partial charge in [0.05, 0.1) is 11.9 Å². The average Bonchev–Trinajstić information content (AvgIpc) is 2.60. The van der Waals surface area contributed by atoms with Crippen LogP contribution < -0.4 is 10.2 Å². The Balaban J connectivity index is 2.33. The standard InChI is InChI=1S/C22H29N3O3/c1-14(2)12-25(13-15(3)4)20-19(22(27)28)10-18(11-23-20)24-21(26)17-8-6-7-16(5)9-17/h6-11,14-15H,12-13H2,1-5H3,(H,24,26)(H,27,28). The predicted octanol–water partition coefficient (Wildman–Crippen LogP) is 4.46. The van der Waals surface area contributed by atoms with Gasteiger partial charge in [-0.2, -0.15) is 0 Å². The number of carbonyl (C=O) groups excluding carboxylic acids is 1. The molecule has 1 aromatic carbocycles. The third-order valence-electron chi connectivity index (χ3n) is 4.11. The van der Waals surface area contributed by atoms with Gasteiger partial charge in [0.25, 0.3) is 5.91 Å². The molecule has 2 aromatic rings. The van der Waals surface area contributed by atoms with E-state index in [0.29, 0.717) is 42.0 Å². The number of anilines is 2. The third kappa shape index (κ3) is 5.81. The summed E-state index contributed by atoms with van der Waals surface area (Å²) in [6.07, 6.45) is 1.52. The van der Waals surface area contributed by atoms with Crippen LogP contribution in [0.15, 0.2) is 36.5 Å². The fourth-order valence-electron chi connectivity index (χ4n) is 3.05. The van der Waals surface area contributed by atoms with Gasteiger partial charge in [-0.25, -0.2) is 9.78 Å². The maximum Gasteiger partial charge on any atom is 0.339 e. The number of carbonyl (C=O) groups is 2. The quantitative estimate of drug-likeness (QED) is 0.703. The lowest BCUT2D eigenvalue weighted by Crippen LogP contribution is -2.33. The second-order valence-corrected chi connectivity index (χ2v) is 7.92. The Morgan fingerprint density at radius 2 is 1.75 bits per heavy atom. The molecule has 0 atom stereocenters. The normalized spacial score (nSPS) is 11.0. The monoisotopic (exact) mass is 383 g/mol. The van der Waals surface area contributed by atoms with Crippen LogP contribution in [0, 0.1) is 18.8 Å². The van der Waals surface area contributed by atoms with E-state index in [1.54, 1.807) is 12.1 Å². The van der Waals surface area contributed by atoms with Crippen LogP contribution in [-0.2, 0) is 0 Å². The number of aryl methyl sites for hydroxylation is 1. The summed E-state index contributed by atoms with van der Waals surface area (Å²) in [5, 5.41) is 12.5. The molecule has 2 N–H and O–H groups in total. The van der Waals surface area contributed by atoms with Gasteiger partial charge in [0.2, 0.25) is 0 Å². The SMILES string of the molecule is Cc1cccc(C(=O)Nc2cnc(N(CC(C)C)CC(C)C)c(C(=O)O)c2)c1. The van der Waals surface area contributed by atoms with Gasteiger partial charge in [-0.1, -0.05) is 45.4 Å². The van der Waals surface area contributed by atoms with Gasteiger partial charge in [0.1, 0.15) is 11.4 Å². The van der Waals surface area contributed by atoms with Crippen molar-refractivity contribution >= 4 is 23.4 Å². The molecule has 0 radical (unpaired) electrons. The zero-order valence-corrected chi connectivity index (χ0v) is 17.2. The highest BCUT2D eigenvalue weighted by atomic mass is 16.4. The van der Waals surface area contributed by atoms with E-state index in [2.05, 4.69) is 38.0 Å². The summed E-state index contributed by atoms with van der Waals surface area (Å²) in [4.78, 5) is 30.7. The summed E-state index contributed by atoms with van der Waals surface area (Å²) in [5.41, 5.74) is 1.94. The number of amides is 1. The molecule has 150 valence electrons. The number of pyridine rings is 1. The summed E-state index contributed by atoms with van der Waals surface area (Å²) in [6, 6.07) is 8.70. The minimum absolute atomic E-state index is 0.0864. The van der Waals surface area contributed by atoms with Crippen molar-refractivity contribution in [2.24, 2.45) is 11.8 Å². The smallest absolute Gasteiger partial charge is 0.339 e. The van der Waals surface area contributed by atoms with Gasteiger partial charge in [-0.05, 0) is 37.0 Å². The molecule has 0 unspecified atom stereocenters. The maximum atomic E-state index is 12.5. The van der Waals surface area contributed by atoms with E-state index in [0.717, 1.165) is 5.56 Å². The van der Waals surface area contributed by atoms with Crippen molar-refractivity contribution in [3.05, 3.63) is 53.2 Å². The number of aromatic nitrogens is 1. The Morgan fingerprint density at radius 3 is 2.29 bits per heavy atom. The highest BCUT2D eigenvalue weighted by Crippen LogP contribution is 2.24. The average molecular weight is 383 g/mol. The van der Waals surface area contributed by atoms with Crippen molar-refractivity contribution in [2.45, 2.75) is 34.6 Å². The third-order valence-corrected chi connectivity index (χ3v) is 4.11. The molecule has 1 amide bonds. The first kappa shape index (κ1) is 21.4.